The summed E-state index contributed by atoms with van der Waals surface area (Å²) in [5.74, 6) is -0.246. The summed E-state index contributed by atoms with van der Waals surface area (Å²) in [6.45, 7) is 4.62. The summed E-state index contributed by atoms with van der Waals surface area (Å²) in [5.41, 5.74) is 2.81. The maximum atomic E-state index is 11.6. The highest BCUT2D eigenvalue weighted by molar-refractivity contribution is 6.20. The first-order chi connectivity index (χ1) is 10.6. The Labute approximate surface area is 130 Å². The number of ether oxygens (including phenoxy) is 1. The maximum absolute atomic E-state index is 11.6. The number of carbonyl (C=O) groups is 1. The molecule has 1 N–H and O–H groups in total. The molecular weight excluding hydrogens is 276 g/mol. The normalized spacial score (nSPS) is 11.3. The number of carboxylic acids is 1. The average Bonchev–Trinajstić information content (AvgIpc) is 2.52. The summed E-state index contributed by atoms with van der Waals surface area (Å²) < 4.78 is 5.68. The largest absolute Gasteiger partial charge is 0.493 e. The number of benzene rings is 2. The van der Waals surface area contributed by atoms with E-state index in [0.29, 0.717) is 17.9 Å². The minimum atomic E-state index is -0.950. The second-order valence-electron chi connectivity index (χ2n) is 5.12. The van der Waals surface area contributed by atoms with Gasteiger partial charge < -0.3 is 9.84 Å². The van der Waals surface area contributed by atoms with Gasteiger partial charge in [-0.15, -0.1) is 0 Å². The van der Waals surface area contributed by atoms with Crippen molar-refractivity contribution in [2.75, 3.05) is 6.61 Å². The van der Waals surface area contributed by atoms with Crippen LogP contribution in [0.25, 0.3) is 11.6 Å². The minimum Gasteiger partial charge on any atom is -0.493 e. The number of para-hydroxylation sites is 1. The van der Waals surface area contributed by atoms with E-state index < -0.39 is 5.97 Å². The van der Waals surface area contributed by atoms with Crippen molar-refractivity contribution in [3.05, 3.63) is 65.2 Å². The maximum Gasteiger partial charge on any atom is 0.336 e. The Morgan fingerprint density at radius 1 is 1.14 bits per heavy atom. The Hall–Kier alpha value is -2.55. The first-order valence-corrected chi connectivity index (χ1v) is 7.35. The molecule has 2 aromatic carbocycles. The van der Waals surface area contributed by atoms with Gasteiger partial charge in [0, 0.05) is 5.56 Å². The molecule has 0 aromatic heterocycles. The first-order valence-electron chi connectivity index (χ1n) is 7.35. The van der Waals surface area contributed by atoms with Gasteiger partial charge in [-0.05, 0) is 31.1 Å². The first kappa shape index (κ1) is 15.8. The summed E-state index contributed by atoms with van der Waals surface area (Å²) >= 11 is 0. The number of carboxylic acid groups (broad SMARTS) is 1. The predicted octanol–water partition coefficient (Wildman–Crippen LogP) is 4.41. The third-order valence-electron chi connectivity index (χ3n) is 3.27. The molecule has 0 amide bonds. The van der Waals surface area contributed by atoms with Gasteiger partial charge in [0.1, 0.15) is 5.75 Å². The molecule has 0 fully saturated rings. The quantitative estimate of drug-likeness (QED) is 0.634. The molecule has 0 saturated carbocycles. The molecule has 0 atom stereocenters. The average molecular weight is 296 g/mol. The van der Waals surface area contributed by atoms with E-state index in [1.807, 2.05) is 62.4 Å². The summed E-state index contributed by atoms with van der Waals surface area (Å²) in [6.07, 6.45) is 2.57. The van der Waals surface area contributed by atoms with Gasteiger partial charge >= 0.3 is 5.97 Å². The van der Waals surface area contributed by atoms with Crippen LogP contribution >= 0.6 is 0 Å². The second-order valence-corrected chi connectivity index (χ2v) is 5.12. The lowest BCUT2D eigenvalue weighted by atomic mass is 10.0. The van der Waals surface area contributed by atoms with Crippen molar-refractivity contribution in [3.8, 4) is 5.75 Å². The van der Waals surface area contributed by atoms with Gasteiger partial charge in [0.2, 0.25) is 0 Å². The van der Waals surface area contributed by atoms with Crippen molar-refractivity contribution < 1.29 is 14.6 Å². The molecule has 114 valence electrons. The Balaban J connectivity index is 2.42. The van der Waals surface area contributed by atoms with Gasteiger partial charge in [-0.25, -0.2) is 4.79 Å². The van der Waals surface area contributed by atoms with Crippen LogP contribution in [0.2, 0.25) is 0 Å². The smallest absolute Gasteiger partial charge is 0.336 e. The number of hydrogen-bond donors (Lipinski definition) is 1. The fourth-order valence-electron chi connectivity index (χ4n) is 2.10. The van der Waals surface area contributed by atoms with E-state index in [2.05, 4.69) is 0 Å². The second kappa shape index (κ2) is 7.46. The fourth-order valence-corrected chi connectivity index (χ4v) is 2.10. The molecule has 0 aliphatic heterocycles. The van der Waals surface area contributed by atoms with E-state index in [0.717, 1.165) is 17.5 Å². The summed E-state index contributed by atoms with van der Waals surface area (Å²) in [6, 6.07) is 14.9. The lowest BCUT2D eigenvalue weighted by Crippen LogP contribution is -2.01. The zero-order valence-corrected chi connectivity index (χ0v) is 12.9. The Bertz CT molecular complexity index is 669. The molecule has 0 spiro atoms. The van der Waals surface area contributed by atoms with Crippen molar-refractivity contribution in [2.45, 2.75) is 20.3 Å². The standard InChI is InChI=1S/C19H20O3/c1-3-12-22-18-7-5-4-6-16(18)13-17(19(20)21)15-10-8-14(2)9-11-15/h4-11,13H,3,12H2,1-2H3,(H,20,21)/b17-13-. The monoisotopic (exact) mass is 296 g/mol. The van der Waals surface area contributed by atoms with E-state index in [1.165, 1.54) is 0 Å². The lowest BCUT2D eigenvalue weighted by molar-refractivity contribution is -0.130. The molecule has 0 saturated heterocycles. The van der Waals surface area contributed by atoms with Crippen LogP contribution in [0.15, 0.2) is 48.5 Å². The van der Waals surface area contributed by atoms with Crippen LogP contribution in [0.1, 0.15) is 30.0 Å². The molecule has 22 heavy (non-hydrogen) atoms. The molecule has 3 nitrogen and oxygen atoms in total. The predicted molar refractivity (Wildman–Crippen MR) is 88.9 cm³/mol. The highest BCUT2D eigenvalue weighted by Gasteiger charge is 2.12. The van der Waals surface area contributed by atoms with Crippen LogP contribution < -0.4 is 4.74 Å². The Morgan fingerprint density at radius 2 is 1.82 bits per heavy atom. The van der Waals surface area contributed by atoms with Gasteiger partial charge in [-0.1, -0.05) is 55.0 Å². The molecule has 0 aliphatic carbocycles. The summed E-state index contributed by atoms with van der Waals surface area (Å²) in [7, 11) is 0. The molecule has 0 bridgehead atoms. The summed E-state index contributed by atoms with van der Waals surface area (Å²) in [5, 5.41) is 9.52. The molecule has 0 aliphatic rings. The molecule has 2 aromatic rings. The SMILES string of the molecule is CCCOc1ccccc1/C=C(\C(=O)O)c1ccc(C)cc1. The third kappa shape index (κ3) is 3.98. The van der Waals surface area contributed by atoms with E-state index in [1.54, 1.807) is 6.08 Å². The minimum absolute atomic E-state index is 0.257. The van der Waals surface area contributed by atoms with Crippen molar-refractivity contribution in [3.63, 3.8) is 0 Å². The van der Waals surface area contributed by atoms with E-state index in [9.17, 15) is 9.90 Å². The van der Waals surface area contributed by atoms with Crippen molar-refractivity contribution >= 4 is 17.6 Å². The Morgan fingerprint density at radius 3 is 2.45 bits per heavy atom. The molecule has 2 rings (SSSR count). The van der Waals surface area contributed by atoms with Gasteiger partial charge in [-0.2, -0.15) is 0 Å². The molecule has 3 heteroatoms. The van der Waals surface area contributed by atoms with Crippen LogP contribution in [-0.4, -0.2) is 17.7 Å². The number of aliphatic carboxylic acids is 1. The van der Waals surface area contributed by atoms with Crippen LogP contribution in [0.3, 0.4) is 0 Å². The number of hydrogen-bond acceptors (Lipinski definition) is 2. The van der Waals surface area contributed by atoms with E-state index in [4.69, 9.17) is 4.74 Å². The van der Waals surface area contributed by atoms with Crippen LogP contribution in [-0.2, 0) is 4.79 Å². The highest BCUT2D eigenvalue weighted by atomic mass is 16.5. The molecule has 0 heterocycles. The van der Waals surface area contributed by atoms with Crippen LogP contribution in [0.4, 0.5) is 0 Å². The third-order valence-corrected chi connectivity index (χ3v) is 3.27. The van der Waals surface area contributed by atoms with Crippen LogP contribution in [0, 0.1) is 6.92 Å². The van der Waals surface area contributed by atoms with E-state index in [-0.39, 0.29) is 5.57 Å². The molecule has 0 unspecified atom stereocenters. The lowest BCUT2D eigenvalue weighted by Gasteiger charge is -2.09. The van der Waals surface area contributed by atoms with Gasteiger partial charge in [0.25, 0.3) is 0 Å². The zero-order valence-electron chi connectivity index (χ0n) is 12.9. The van der Waals surface area contributed by atoms with Crippen LogP contribution in [0.5, 0.6) is 5.75 Å². The molecular formula is C19H20O3. The number of rotatable bonds is 6. The molecule has 0 radical (unpaired) electrons. The Kier molecular flexibility index (Phi) is 5.37. The topological polar surface area (TPSA) is 46.5 Å². The zero-order chi connectivity index (χ0) is 15.9. The van der Waals surface area contributed by atoms with E-state index >= 15 is 0 Å². The van der Waals surface area contributed by atoms with Gasteiger partial charge in [0.15, 0.2) is 0 Å². The van der Waals surface area contributed by atoms with Crippen molar-refractivity contribution in [2.24, 2.45) is 0 Å². The van der Waals surface area contributed by atoms with Crippen molar-refractivity contribution in [1.29, 1.82) is 0 Å². The van der Waals surface area contributed by atoms with Gasteiger partial charge in [-0.3, -0.25) is 0 Å². The fraction of sp³-hybridized carbons (Fsp3) is 0.211. The highest BCUT2D eigenvalue weighted by Crippen LogP contribution is 2.25. The van der Waals surface area contributed by atoms with Crippen molar-refractivity contribution in [1.82, 2.24) is 0 Å². The summed E-state index contributed by atoms with van der Waals surface area (Å²) in [4.78, 5) is 11.6. The number of aryl methyl sites for hydroxylation is 1. The van der Waals surface area contributed by atoms with Gasteiger partial charge in [0.05, 0.1) is 12.2 Å².